The van der Waals surface area contributed by atoms with Crippen molar-refractivity contribution in [2.24, 2.45) is 0 Å². The Bertz CT molecular complexity index is 984. The zero-order valence-electron chi connectivity index (χ0n) is 17.7. The lowest BCUT2D eigenvalue weighted by molar-refractivity contribution is 0.0552. The summed E-state index contributed by atoms with van der Waals surface area (Å²) in [6, 6.07) is 10.7. The van der Waals surface area contributed by atoms with Gasteiger partial charge < -0.3 is 14.4 Å². The molecule has 0 unspecified atom stereocenters. The number of hydrogen-bond donors (Lipinski definition) is 1. The number of likely N-dealkylation sites (N-methyl/N-ethyl adjacent to an activating group) is 1. The van der Waals surface area contributed by atoms with Crippen LogP contribution in [0, 0.1) is 0 Å². The van der Waals surface area contributed by atoms with Gasteiger partial charge in [0.15, 0.2) is 0 Å². The van der Waals surface area contributed by atoms with E-state index >= 15 is 0 Å². The SMILES string of the molecule is CCOCCOCCNS(=O)(=O)c1ccc([C@H]2CN(C)Cc3c(Cl)cc(Cl)cc32)cc1. The van der Waals surface area contributed by atoms with Gasteiger partial charge in [-0.1, -0.05) is 35.3 Å². The van der Waals surface area contributed by atoms with Crippen LogP contribution in [0.3, 0.4) is 0 Å². The molecule has 2 aromatic carbocycles. The number of rotatable bonds is 10. The van der Waals surface area contributed by atoms with Crippen molar-refractivity contribution in [3.05, 3.63) is 63.1 Å². The molecule has 1 N–H and O–H groups in total. The third-order valence-corrected chi connectivity index (χ3v) is 7.23. The molecule has 170 valence electrons. The van der Waals surface area contributed by atoms with Crippen molar-refractivity contribution >= 4 is 33.2 Å². The normalized spacial score (nSPS) is 17.0. The van der Waals surface area contributed by atoms with Gasteiger partial charge in [-0.15, -0.1) is 0 Å². The third-order valence-electron chi connectivity index (χ3n) is 5.20. The highest BCUT2D eigenvalue weighted by Crippen LogP contribution is 2.38. The first kappa shape index (κ1) is 24.5. The molecule has 0 fully saturated rings. The Balaban J connectivity index is 1.68. The van der Waals surface area contributed by atoms with E-state index in [0.29, 0.717) is 29.9 Å². The average molecular weight is 487 g/mol. The number of halogens is 2. The lowest BCUT2D eigenvalue weighted by Gasteiger charge is -2.33. The summed E-state index contributed by atoms with van der Waals surface area (Å²) in [5, 5.41) is 1.26. The first-order chi connectivity index (χ1) is 14.8. The molecule has 0 saturated carbocycles. The predicted octanol–water partition coefficient (Wildman–Crippen LogP) is 3.90. The fraction of sp³-hybridized carbons (Fsp3) is 0.455. The molecule has 0 aromatic heterocycles. The van der Waals surface area contributed by atoms with E-state index in [4.69, 9.17) is 32.7 Å². The van der Waals surface area contributed by atoms with Gasteiger partial charge in [0.2, 0.25) is 10.0 Å². The van der Waals surface area contributed by atoms with Crippen LogP contribution in [-0.2, 0) is 26.0 Å². The minimum atomic E-state index is -3.60. The second-order valence-corrected chi connectivity index (χ2v) is 10.1. The maximum absolute atomic E-state index is 12.6. The molecule has 2 aromatic rings. The van der Waals surface area contributed by atoms with Gasteiger partial charge in [0.05, 0.1) is 24.7 Å². The van der Waals surface area contributed by atoms with Gasteiger partial charge >= 0.3 is 0 Å². The molecule has 9 heteroatoms. The number of fused-ring (bicyclic) bond motifs is 1. The lowest BCUT2D eigenvalue weighted by atomic mass is 9.85. The molecule has 1 aliphatic heterocycles. The number of nitrogens with zero attached hydrogens (tertiary/aromatic N) is 1. The van der Waals surface area contributed by atoms with Crippen LogP contribution in [0.2, 0.25) is 10.0 Å². The highest BCUT2D eigenvalue weighted by Gasteiger charge is 2.27. The quantitative estimate of drug-likeness (QED) is 0.515. The molecule has 0 saturated heterocycles. The minimum absolute atomic E-state index is 0.0633. The van der Waals surface area contributed by atoms with Gasteiger partial charge in [-0.3, -0.25) is 0 Å². The maximum atomic E-state index is 12.6. The average Bonchev–Trinajstić information content (AvgIpc) is 2.73. The molecule has 0 aliphatic carbocycles. The summed E-state index contributed by atoms with van der Waals surface area (Å²) in [5.41, 5.74) is 3.17. The molecule has 0 bridgehead atoms. The van der Waals surface area contributed by atoms with Gasteiger partial charge in [0, 0.05) is 42.2 Å². The Hall–Kier alpha value is -1.19. The molecule has 0 spiro atoms. The topological polar surface area (TPSA) is 67.9 Å². The van der Waals surface area contributed by atoms with Crippen molar-refractivity contribution in [3.8, 4) is 0 Å². The van der Waals surface area contributed by atoms with Crippen LogP contribution >= 0.6 is 23.2 Å². The number of benzene rings is 2. The van der Waals surface area contributed by atoms with E-state index in [9.17, 15) is 8.42 Å². The molecule has 0 amide bonds. The second-order valence-electron chi connectivity index (χ2n) is 7.48. The van der Waals surface area contributed by atoms with E-state index in [1.807, 2.05) is 32.2 Å². The van der Waals surface area contributed by atoms with Gasteiger partial charge in [-0.05, 0) is 54.9 Å². The van der Waals surface area contributed by atoms with Gasteiger partial charge in [-0.25, -0.2) is 13.1 Å². The monoisotopic (exact) mass is 486 g/mol. The summed E-state index contributed by atoms with van der Waals surface area (Å²) < 4.78 is 38.2. The standard InChI is InChI=1S/C22H28Cl2N2O4S/c1-3-29-10-11-30-9-8-25-31(27,28)18-6-4-16(5-7-18)20-14-26(2)15-21-19(20)12-17(23)13-22(21)24/h4-7,12-13,20,25H,3,8-11,14-15H2,1-2H3/t20-/m1/s1. The summed E-state index contributed by atoms with van der Waals surface area (Å²) in [6.07, 6.45) is 0. The van der Waals surface area contributed by atoms with E-state index in [2.05, 4.69) is 9.62 Å². The van der Waals surface area contributed by atoms with E-state index in [1.54, 1.807) is 18.2 Å². The fourth-order valence-electron chi connectivity index (χ4n) is 3.71. The van der Waals surface area contributed by atoms with Crippen LogP contribution in [0.1, 0.15) is 29.5 Å². The Morgan fingerprint density at radius 1 is 1.10 bits per heavy atom. The van der Waals surface area contributed by atoms with Crippen molar-refractivity contribution < 1.29 is 17.9 Å². The van der Waals surface area contributed by atoms with E-state index < -0.39 is 10.0 Å². The summed E-state index contributed by atoms with van der Waals surface area (Å²) >= 11 is 12.7. The fourth-order valence-corrected chi connectivity index (χ4v) is 5.29. The first-order valence-corrected chi connectivity index (χ1v) is 12.5. The molecular formula is C22H28Cl2N2O4S. The van der Waals surface area contributed by atoms with Crippen LogP contribution in [0.4, 0.5) is 0 Å². The predicted molar refractivity (Wildman–Crippen MR) is 124 cm³/mol. The van der Waals surface area contributed by atoms with Crippen molar-refractivity contribution in [1.82, 2.24) is 9.62 Å². The molecule has 3 rings (SSSR count). The number of ether oxygens (including phenoxy) is 2. The van der Waals surface area contributed by atoms with Crippen molar-refractivity contribution in [2.45, 2.75) is 24.3 Å². The van der Waals surface area contributed by atoms with Crippen molar-refractivity contribution in [3.63, 3.8) is 0 Å². The Morgan fingerprint density at radius 2 is 1.81 bits per heavy atom. The molecule has 1 aliphatic rings. The highest BCUT2D eigenvalue weighted by atomic mass is 35.5. The Kier molecular flexibility index (Phi) is 8.75. The van der Waals surface area contributed by atoms with E-state index in [0.717, 1.165) is 29.8 Å². The zero-order chi connectivity index (χ0) is 22.4. The van der Waals surface area contributed by atoms with Crippen LogP contribution in [0.25, 0.3) is 0 Å². The molecule has 31 heavy (non-hydrogen) atoms. The van der Waals surface area contributed by atoms with Gasteiger partial charge in [0.25, 0.3) is 0 Å². The number of sulfonamides is 1. The summed E-state index contributed by atoms with van der Waals surface area (Å²) in [7, 11) is -1.56. The molecular weight excluding hydrogens is 459 g/mol. The van der Waals surface area contributed by atoms with Crippen molar-refractivity contribution in [1.29, 1.82) is 0 Å². The summed E-state index contributed by atoms with van der Waals surface area (Å²) in [5.74, 6) is 0.0633. The largest absolute Gasteiger partial charge is 0.379 e. The zero-order valence-corrected chi connectivity index (χ0v) is 20.1. The highest BCUT2D eigenvalue weighted by molar-refractivity contribution is 7.89. The lowest BCUT2D eigenvalue weighted by Crippen LogP contribution is -2.31. The number of hydrogen-bond acceptors (Lipinski definition) is 5. The smallest absolute Gasteiger partial charge is 0.240 e. The van der Waals surface area contributed by atoms with Crippen molar-refractivity contribution in [2.75, 3.05) is 46.6 Å². The van der Waals surface area contributed by atoms with Crippen LogP contribution in [0.5, 0.6) is 0 Å². The summed E-state index contributed by atoms with van der Waals surface area (Å²) in [4.78, 5) is 2.42. The second kappa shape index (κ2) is 11.1. The van der Waals surface area contributed by atoms with Gasteiger partial charge in [-0.2, -0.15) is 0 Å². The number of nitrogens with one attached hydrogen (secondary N) is 1. The molecule has 0 radical (unpaired) electrons. The van der Waals surface area contributed by atoms with E-state index in [1.165, 1.54) is 0 Å². The van der Waals surface area contributed by atoms with Crippen LogP contribution in [0.15, 0.2) is 41.3 Å². The molecule has 1 atom stereocenters. The van der Waals surface area contributed by atoms with Crippen LogP contribution in [-0.4, -0.2) is 59.9 Å². The minimum Gasteiger partial charge on any atom is -0.379 e. The molecule has 6 nitrogen and oxygen atoms in total. The Labute approximate surface area is 194 Å². The molecule has 1 heterocycles. The summed E-state index contributed by atoms with van der Waals surface area (Å²) in [6.45, 7) is 5.53. The van der Waals surface area contributed by atoms with Gasteiger partial charge in [0.1, 0.15) is 0 Å². The maximum Gasteiger partial charge on any atom is 0.240 e. The third kappa shape index (κ3) is 6.42. The Morgan fingerprint density at radius 3 is 2.52 bits per heavy atom. The van der Waals surface area contributed by atoms with E-state index in [-0.39, 0.29) is 24.0 Å². The van der Waals surface area contributed by atoms with Crippen LogP contribution < -0.4 is 4.72 Å². The first-order valence-electron chi connectivity index (χ1n) is 10.2.